The van der Waals surface area contributed by atoms with E-state index >= 15 is 0 Å². The lowest BCUT2D eigenvalue weighted by molar-refractivity contribution is -0.661. The highest BCUT2D eigenvalue weighted by Crippen LogP contribution is 2.40. The third-order valence-electron chi connectivity index (χ3n) is 5.07. The van der Waals surface area contributed by atoms with E-state index in [0.29, 0.717) is 0 Å². The number of halogens is 3. The second-order valence-electron chi connectivity index (χ2n) is 7.80. The summed E-state index contributed by atoms with van der Waals surface area (Å²) in [6.07, 6.45) is -2.78. The first-order chi connectivity index (χ1) is 11.8. The third kappa shape index (κ3) is 3.46. The minimum atomic E-state index is -4.32. The van der Waals surface area contributed by atoms with Crippen molar-refractivity contribution in [3.63, 3.8) is 0 Å². The van der Waals surface area contributed by atoms with E-state index in [1.807, 2.05) is 39.0 Å². The minimum absolute atomic E-state index is 0.219. The first-order valence-corrected chi connectivity index (χ1v) is 8.41. The van der Waals surface area contributed by atoms with E-state index in [1.54, 1.807) is 17.7 Å². The van der Waals surface area contributed by atoms with Crippen molar-refractivity contribution in [2.45, 2.75) is 51.6 Å². The molecule has 0 aliphatic heterocycles. The van der Waals surface area contributed by atoms with Gasteiger partial charge in [-0.3, -0.25) is 0 Å². The molecule has 0 bridgehead atoms. The number of aromatic nitrogens is 1. The predicted octanol–water partition coefficient (Wildman–Crippen LogP) is 5.13. The number of pyridine rings is 1. The summed E-state index contributed by atoms with van der Waals surface area (Å²) in [6.45, 7) is 8.03. The van der Waals surface area contributed by atoms with Gasteiger partial charge in [0.2, 0.25) is 5.69 Å². The summed E-state index contributed by atoms with van der Waals surface area (Å²) in [6, 6.07) is 11.3. The number of nitrogens with zero attached hydrogens (tertiary/aromatic N) is 2. The topological polar surface area (TPSA) is 27.7 Å². The Hall–Kier alpha value is -2.35. The largest absolute Gasteiger partial charge is 0.398 e. The van der Waals surface area contributed by atoms with E-state index in [0.717, 1.165) is 22.4 Å². The highest BCUT2D eigenvalue weighted by atomic mass is 19.4. The Balaban J connectivity index is 2.51. The summed E-state index contributed by atoms with van der Waals surface area (Å²) in [7, 11) is 1.75. The Labute approximate surface area is 152 Å². The molecule has 0 aliphatic rings. The number of alkyl halides is 3. The van der Waals surface area contributed by atoms with Crippen LogP contribution in [0.4, 0.5) is 13.2 Å². The molecule has 0 saturated carbocycles. The summed E-state index contributed by atoms with van der Waals surface area (Å²) in [4.78, 5) is 0. The Bertz CT molecular complexity index is 872. The number of benzene rings is 1. The van der Waals surface area contributed by atoms with E-state index in [-0.39, 0.29) is 5.56 Å². The van der Waals surface area contributed by atoms with Crippen molar-refractivity contribution in [1.29, 1.82) is 5.26 Å². The lowest BCUT2D eigenvalue weighted by Crippen LogP contribution is -2.40. The maximum absolute atomic E-state index is 13.3. The number of nitriles is 1. The molecule has 1 heterocycles. The molecule has 2 aromatic rings. The first kappa shape index (κ1) is 20.0. The molecule has 1 aromatic heterocycles. The van der Waals surface area contributed by atoms with Gasteiger partial charge in [-0.2, -0.15) is 18.4 Å². The molecule has 0 unspecified atom stereocenters. The van der Waals surface area contributed by atoms with Crippen LogP contribution < -0.4 is 4.57 Å². The molecule has 1 aromatic carbocycles. The second kappa shape index (κ2) is 6.42. The lowest BCUT2D eigenvalue weighted by atomic mass is 9.83. The van der Waals surface area contributed by atoms with Crippen LogP contribution in [0.15, 0.2) is 36.5 Å². The van der Waals surface area contributed by atoms with Crippen molar-refractivity contribution in [3.05, 3.63) is 53.2 Å². The van der Waals surface area contributed by atoms with Gasteiger partial charge in [0, 0.05) is 17.2 Å². The average molecular weight is 361 g/mol. The fourth-order valence-corrected chi connectivity index (χ4v) is 2.83. The normalized spacial score (nSPS) is 12.8. The van der Waals surface area contributed by atoms with Gasteiger partial charge in [-0.25, -0.2) is 4.57 Å². The number of aryl methyl sites for hydroxylation is 2. The van der Waals surface area contributed by atoms with Crippen LogP contribution in [0, 0.1) is 18.3 Å². The van der Waals surface area contributed by atoms with Gasteiger partial charge in [-0.1, -0.05) is 12.1 Å². The molecule has 0 saturated heterocycles. The fraction of sp³-hybridized carbons (Fsp3) is 0.429. The van der Waals surface area contributed by atoms with E-state index in [9.17, 15) is 18.4 Å². The van der Waals surface area contributed by atoms with Gasteiger partial charge >= 0.3 is 6.18 Å². The molecular formula is C21H24F3N2+. The summed E-state index contributed by atoms with van der Waals surface area (Å²) in [5.41, 5.74) is 1.36. The minimum Gasteiger partial charge on any atom is -0.201 e. The summed E-state index contributed by atoms with van der Waals surface area (Å²) < 4.78 is 41.6. The molecule has 0 radical (unpaired) electrons. The van der Waals surface area contributed by atoms with Gasteiger partial charge in [0.15, 0.2) is 6.20 Å². The number of hydrogen-bond acceptors (Lipinski definition) is 1. The molecule has 0 N–H and O–H groups in total. The van der Waals surface area contributed by atoms with Crippen molar-refractivity contribution in [2.24, 2.45) is 7.05 Å². The van der Waals surface area contributed by atoms with E-state index in [1.165, 1.54) is 26.1 Å². The summed E-state index contributed by atoms with van der Waals surface area (Å²) in [5, 5.41) is 9.30. The molecule has 0 spiro atoms. The second-order valence-corrected chi connectivity index (χ2v) is 7.80. The fourth-order valence-electron chi connectivity index (χ4n) is 2.83. The van der Waals surface area contributed by atoms with Crippen LogP contribution in [-0.2, 0) is 17.9 Å². The van der Waals surface area contributed by atoms with Crippen LogP contribution in [0.25, 0.3) is 11.3 Å². The summed E-state index contributed by atoms with van der Waals surface area (Å²) in [5.74, 6) is 0. The van der Waals surface area contributed by atoms with Gasteiger partial charge in [0.1, 0.15) is 7.05 Å². The predicted molar refractivity (Wildman–Crippen MR) is 95.5 cm³/mol. The smallest absolute Gasteiger partial charge is 0.201 e. The first-order valence-electron chi connectivity index (χ1n) is 8.41. The zero-order valence-corrected chi connectivity index (χ0v) is 16.0. The Morgan fingerprint density at radius 2 is 1.54 bits per heavy atom. The average Bonchev–Trinajstić information content (AvgIpc) is 2.54. The zero-order valence-electron chi connectivity index (χ0n) is 16.0. The molecule has 26 heavy (non-hydrogen) atoms. The van der Waals surface area contributed by atoms with Crippen molar-refractivity contribution in [2.75, 3.05) is 0 Å². The molecule has 0 fully saturated rings. The van der Waals surface area contributed by atoms with E-state index in [2.05, 4.69) is 6.07 Å². The molecule has 0 aliphatic carbocycles. The Kier molecular flexibility index (Phi) is 4.93. The highest BCUT2D eigenvalue weighted by Gasteiger charge is 2.49. The van der Waals surface area contributed by atoms with Crippen LogP contribution in [0.2, 0.25) is 0 Å². The molecule has 2 nitrogen and oxygen atoms in total. The van der Waals surface area contributed by atoms with E-state index < -0.39 is 17.0 Å². The van der Waals surface area contributed by atoms with Gasteiger partial charge < -0.3 is 0 Å². The zero-order chi connectivity index (χ0) is 19.9. The maximum atomic E-state index is 13.3. The SMILES string of the molecule is Cc1cc(C(C)(C)C#N)ccc1-c1ccc(C(C)(C)C(F)(F)F)c[n+]1C. The van der Waals surface area contributed by atoms with Crippen LogP contribution >= 0.6 is 0 Å². The van der Waals surface area contributed by atoms with Crippen molar-refractivity contribution >= 4 is 0 Å². The highest BCUT2D eigenvalue weighted by molar-refractivity contribution is 5.62. The molecule has 0 amide bonds. The number of rotatable bonds is 3. The third-order valence-corrected chi connectivity index (χ3v) is 5.07. The van der Waals surface area contributed by atoms with Crippen molar-refractivity contribution < 1.29 is 17.7 Å². The Morgan fingerprint density at radius 1 is 0.962 bits per heavy atom. The van der Waals surface area contributed by atoms with Gasteiger partial charge in [0.05, 0.1) is 16.9 Å². The quantitative estimate of drug-likeness (QED) is 0.697. The van der Waals surface area contributed by atoms with E-state index in [4.69, 9.17) is 0 Å². The van der Waals surface area contributed by atoms with Crippen LogP contribution in [-0.4, -0.2) is 6.18 Å². The molecular weight excluding hydrogens is 337 g/mol. The molecule has 138 valence electrons. The van der Waals surface area contributed by atoms with Crippen molar-refractivity contribution in [3.8, 4) is 17.3 Å². The van der Waals surface area contributed by atoms with Crippen LogP contribution in [0.3, 0.4) is 0 Å². The monoisotopic (exact) mass is 361 g/mol. The van der Waals surface area contributed by atoms with Crippen molar-refractivity contribution in [1.82, 2.24) is 0 Å². The molecule has 2 rings (SSSR count). The molecule has 5 heteroatoms. The number of hydrogen-bond donors (Lipinski definition) is 0. The van der Waals surface area contributed by atoms with Gasteiger partial charge in [-0.15, -0.1) is 0 Å². The van der Waals surface area contributed by atoms with Crippen LogP contribution in [0.1, 0.15) is 44.4 Å². The lowest BCUT2D eigenvalue weighted by Gasteiger charge is -2.27. The van der Waals surface area contributed by atoms with Crippen LogP contribution in [0.5, 0.6) is 0 Å². The standard InChI is InChI=1S/C21H24F3N2/c1-14-11-15(19(2,3)13-25)7-9-17(14)18-10-8-16(12-26(18)6)20(4,5)21(22,23)24/h7-12H,1-6H3/q+1. The Morgan fingerprint density at radius 3 is 2.00 bits per heavy atom. The molecule has 0 atom stereocenters. The van der Waals surface area contributed by atoms with Gasteiger partial charge in [0.25, 0.3) is 0 Å². The maximum Gasteiger partial charge on any atom is 0.398 e. The summed E-state index contributed by atoms with van der Waals surface area (Å²) >= 11 is 0. The van der Waals surface area contributed by atoms with Gasteiger partial charge in [-0.05, 0) is 57.9 Å².